The van der Waals surface area contributed by atoms with Crippen molar-refractivity contribution >= 4 is 41.1 Å². The number of hydrogen-bond donors (Lipinski definition) is 1. The second kappa shape index (κ2) is 5.94. The second-order valence-corrected chi connectivity index (χ2v) is 7.66. The first-order valence-electron chi connectivity index (χ1n) is 8.96. The lowest BCUT2D eigenvalue weighted by Gasteiger charge is -2.34. The SMILES string of the molecule is NC(=O)C1C2C(=O)N(c3cccc(Cl)c3)C(=O)C2C2c3ccccc3C=CN12. The molecular weight excluding hydrogens is 378 g/mol. The van der Waals surface area contributed by atoms with Crippen LogP contribution in [0.5, 0.6) is 0 Å². The van der Waals surface area contributed by atoms with E-state index < -0.39 is 35.7 Å². The lowest BCUT2D eigenvalue weighted by Crippen LogP contribution is -2.46. The molecule has 28 heavy (non-hydrogen) atoms. The molecule has 7 heteroatoms. The molecule has 5 rings (SSSR count). The molecule has 3 aliphatic heterocycles. The predicted molar refractivity (Wildman–Crippen MR) is 104 cm³/mol. The van der Waals surface area contributed by atoms with Gasteiger partial charge in [0, 0.05) is 11.2 Å². The standard InChI is InChI=1S/C21H16ClN3O3/c22-12-5-3-6-13(10-12)25-20(27)15-16(21(25)28)18(19(23)26)24-9-8-11-4-1-2-7-14(11)17(15)24/h1-10,15-18H,(H2,23,26). The van der Waals surface area contributed by atoms with Crippen molar-refractivity contribution in [1.29, 1.82) is 0 Å². The van der Waals surface area contributed by atoms with Gasteiger partial charge < -0.3 is 10.6 Å². The number of carbonyl (C=O) groups excluding carboxylic acids is 3. The molecule has 0 aromatic heterocycles. The van der Waals surface area contributed by atoms with E-state index in [2.05, 4.69) is 0 Å². The van der Waals surface area contributed by atoms with Gasteiger partial charge >= 0.3 is 0 Å². The zero-order valence-corrected chi connectivity index (χ0v) is 15.4. The molecule has 3 aliphatic rings. The minimum atomic E-state index is -0.875. The van der Waals surface area contributed by atoms with E-state index in [-0.39, 0.29) is 5.91 Å². The number of rotatable bonds is 2. The Balaban J connectivity index is 1.66. The first kappa shape index (κ1) is 17.0. The molecule has 4 atom stereocenters. The van der Waals surface area contributed by atoms with Gasteiger partial charge in [0.15, 0.2) is 0 Å². The smallest absolute Gasteiger partial charge is 0.240 e. The van der Waals surface area contributed by atoms with Gasteiger partial charge in [-0.2, -0.15) is 0 Å². The Labute approximate surface area is 166 Å². The zero-order valence-electron chi connectivity index (χ0n) is 14.7. The highest BCUT2D eigenvalue weighted by molar-refractivity contribution is 6.31. The molecular formula is C21H16ClN3O3. The first-order valence-corrected chi connectivity index (χ1v) is 9.34. The van der Waals surface area contributed by atoms with Gasteiger partial charge in [-0.3, -0.25) is 14.4 Å². The number of benzene rings is 2. The van der Waals surface area contributed by atoms with Gasteiger partial charge in [0.25, 0.3) is 0 Å². The fourth-order valence-electron chi connectivity index (χ4n) is 4.75. The summed E-state index contributed by atoms with van der Waals surface area (Å²) in [5.41, 5.74) is 7.97. The molecule has 0 aliphatic carbocycles. The van der Waals surface area contributed by atoms with Crippen molar-refractivity contribution in [3.05, 3.63) is 70.9 Å². The summed E-state index contributed by atoms with van der Waals surface area (Å²) >= 11 is 6.06. The van der Waals surface area contributed by atoms with Crippen molar-refractivity contribution in [1.82, 2.24) is 4.90 Å². The molecule has 2 fully saturated rings. The number of hydrogen-bond acceptors (Lipinski definition) is 4. The lowest BCUT2D eigenvalue weighted by molar-refractivity contribution is -0.129. The number of amides is 3. The molecule has 6 nitrogen and oxygen atoms in total. The van der Waals surface area contributed by atoms with Crippen LogP contribution in [0, 0.1) is 11.8 Å². The Hall–Kier alpha value is -3.12. The van der Waals surface area contributed by atoms with E-state index in [1.54, 1.807) is 35.4 Å². The average molecular weight is 394 g/mol. The third-order valence-corrected chi connectivity index (χ3v) is 6.05. The van der Waals surface area contributed by atoms with Gasteiger partial charge in [0.05, 0.1) is 23.6 Å². The largest absolute Gasteiger partial charge is 0.368 e. The predicted octanol–water partition coefficient (Wildman–Crippen LogP) is 2.34. The summed E-state index contributed by atoms with van der Waals surface area (Å²) in [5, 5.41) is 0.425. The maximum Gasteiger partial charge on any atom is 0.240 e. The van der Waals surface area contributed by atoms with Crippen LogP contribution in [0.3, 0.4) is 0 Å². The summed E-state index contributed by atoms with van der Waals surface area (Å²) < 4.78 is 0. The summed E-state index contributed by atoms with van der Waals surface area (Å²) in [5.74, 6) is -2.88. The number of anilines is 1. The Morgan fingerprint density at radius 3 is 2.50 bits per heavy atom. The van der Waals surface area contributed by atoms with Crippen molar-refractivity contribution in [2.24, 2.45) is 17.6 Å². The van der Waals surface area contributed by atoms with E-state index >= 15 is 0 Å². The fraction of sp³-hybridized carbons (Fsp3) is 0.190. The molecule has 2 aromatic rings. The number of imide groups is 1. The van der Waals surface area contributed by atoms with E-state index in [1.807, 2.05) is 30.3 Å². The monoisotopic (exact) mass is 393 g/mol. The second-order valence-electron chi connectivity index (χ2n) is 7.23. The highest BCUT2D eigenvalue weighted by atomic mass is 35.5. The number of fused-ring (bicyclic) bond motifs is 5. The third-order valence-electron chi connectivity index (χ3n) is 5.82. The molecule has 0 saturated carbocycles. The molecule has 0 spiro atoms. The van der Waals surface area contributed by atoms with E-state index in [4.69, 9.17) is 17.3 Å². The van der Waals surface area contributed by atoms with Crippen LogP contribution >= 0.6 is 11.6 Å². The summed E-state index contributed by atoms with van der Waals surface area (Å²) in [4.78, 5) is 41.9. The number of carbonyl (C=O) groups is 3. The van der Waals surface area contributed by atoms with Gasteiger partial charge in [-0.05, 0) is 35.4 Å². The first-order chi connectivity index (χ1) is 13.5. The van der Waals surface area contributed by atoms with Crippen LogP contribution in [0.1, 0.15) is 17.2 Å². The molecule has 4 unspecified atom stereocenters. The van der Waals surface area contributed by atoms with Crippen molar-refractivity contribution in [2.75, 3.05) is 4.90 Å². The van der Waals surface area contributed by atoms with Crippen LogP contribution in [0.4, 0.5) is 5.69 Å². The van der Waals surface area contributed by atoms with Gasteiger partial charge in [0.1, 0.15) is 6.04 Å². The number of primary amides is 1. The number of nitrogens with zero attached hydrogens (tertiary/aromatic N) is 2. The Morgan fingerprint density at radius 1 is 1.00 bits per heavy atom. The minimum absolute atomic E-state index is 0.332. The van der Waals surface area contributed by atoms with Crippen molar-refractivity contribution in [2.45, 2.75) is 12.1 Å². The molecule has 2 saturated heterocycles. The van der Waals surface area contributed by atoms with Gasteiger partial charge in [-0.1, -0.05) is 41.9 Å². The lowest BCUT2D eigenvalue weighted by atomic mass is 9.84. The fourth-order valence-corrected chi connectivity index (χ4v) is 4.94. The van der Waals surface area contributed by atoms with Crippen molar-refractivity contribution < 1.29 is 14.4 Å². The summed E-state index contributed by atoms with van der Waals surface area (Å²) in [6.45, 7) is 0. The van der Waals surface area contributed by atoms with Crippen LogP contribution in [0.15, 0.2) is 54.7 Å². The summed E-state index contributed by atoms with van der Waals surface area (Å²) in [7, 11) is 0. The Kier molecular flexibility index (Phi) is 3.61. The highest BCUT2D eigenvalue weighted by Gasteiger charge is 2.64. The number of nitrogens with two attached hydrogens (primary N) is 1. The molecule has 0 radical (unpaired) electrons. The molecule has 140 valence electrons. The van der Waals surface area contributed by atoms with Gasteiger partial charge in [-0.25, -0.2) is 4.90 Å². The van der Waals surface area contributed by atoms with Crippen molar-refractivity contribution in [3.63, 3.8) is 0 Å². The maximum atomic E-state index is 13.4. The van der Waals surface area contributed by atoms with Gasteiger partial charge in [0.2, 0.25) is 17.7 Å². The zero-order chi connectivity index (χ0) is 19.6. The Bertz CT molecular complexity index is 1070. The molecule has 2 aromatic carbocycles. The third kappa shape index (κ3) is 2.18. The van der Waals surface area contributed by atoms with E-state index in [9.17, 15) is 14.4 Å². The van der Waals surface area contributed by atoms with Crippen LogP contribution < -0.4 is 10.6 Å². The number of halogens is 1. The van der Waals surface area contributed by atoms with Crippen LogP contribution in [0.2, 0.25) is 5.02 Å². The van der Waals surface area contributed by atoms with E-state index in [1.165, 1.54) is 0 Å². The van der Waals surface area contributed by atoms with E-state index in [0.717, 1.165) is 16.0 Å². The summed E-state index contributed by atoms with van der Waals surface area (Å²) in [6.07, 6.45) is 3.65. The Morgan fingerprint density at radius 2 is 1.75 bits per heavy atom. The maximum absolute atomic E-state index is 13.4. The van der Waals surface area contributed by atoms with Gasteiger partial charge in [-0.15, -0.1) is 0 Å². The van der Waals surface area contributed by atoms with E-state index in [0.29, 0.717) is 10.7 Å². The molecule has 3 amide bonds. The molecule has 0 bridgehead atoms. The quantitative estimate of drug-likeness (QED) is 0.794. The van der Waals surface area contributed by atoms with Crippen LogP contribution in [-0.2, 0) is 14.4 Å². The summed E-state index contributed by atoms with van der Waals surface area (Å²) in [6, 6.07) is 13.0. The molecule has 2 N–H and O–H groups in total. The minimum Gasteiger partial charge on any atom is -0.368 e. The van der Waals surface area contributed by atoms with Crippen molar-refractivity contribution in [3.8, 4) is 0 Å². The highest BCUT2D eigenvalue weighted by Crippen LogP contribution is 2.53. The molecule has 3 heterocycles. The topological polar surface area (TPSA) is 83.7 Å². The average Bonchev–Trinajstić information content (AvgIpc) is 3.15. The normalized spacial score (nSPS) is 27.6. The van der Waals surface area contributed by atoms with Crippen LogP contribution in [0.25, 0.3) is 6.08 Å². The van der Waals surface area contributed by atoms with Crippen LogP contribution in [-0.4, -0.2) is 28.7 Å².